The van der Waals surface area contributed by atoms with Gasteiger partial charge in [0.2, 0.25) is 11.5 Å². The zero-order chi connectivity index (χ0) is 12.8. The molecule has 0 amide bonds. The molecule has 0 radical (unpaired) electrons. The molecule has 0 aliphatic carbocycles. The minimum atomic E-state index is -0.923. The molecule has 0 aliphatic rings. The maximum atomic E-state index is 11.6. The van der Waals surface area contributed by atoms with Crippen LogP contribution in [0.3, 0.4) is 0 Å². The first-order valence-electron chi connectivity index (χ1n) is 5.09. The van der Waals surface area contributed by atoms with Gasteiger partial charge in [0, 0.05) is 12.3 Å². The molecule has 0 aromatic carbocycles. The van der Waals surface area contributed by atoms with Crippen molar-refractivity contribution >= 4 is 11.8 Å². The van der Waals surface area contributed by atoms with Crippen LogP contribution in [0.2, 0.25) is 0 Å². The fraction of sp³-hybridized carbons (Fsp3) is 0.250. The number of aryl methyl sites for hydroxylation is 1. The molecule has 0 saturated carbocycles. The van der Waals surface area contributed by atoms with E-state index in [-0.39, 0.29) is 12.3 Å². The first-order valence-corrected chi connectivity index (χ1v) is 5.09. The lowest BCUT2D eigenvalue weighted by Gasteiger charge is -2.00. The number of aromatic nitrogens is 1. The van der Waals surface area contributed by atoms with Crippen LogP contribution in [0.1, 0.15) is 23.0 Å². The molecular formula is C12H13NO4. The van der Waals surface area contributed by atoms with E-state index < -0.39 is 17.5 Å². The number of carbonyl (C=O) groups excluding carboxylic acids is 2. The van der Waals surface area contributed by atoms with Gasteiger partial charge in [-0.15, -0.1) is 0 Å². The molecule has 1 aromatic rings. The molecular weight excluding hydrogens is 222 g/mol. The molecule has 1 aromatic heterocycles. The third-order valence-electron chi connectivity index (χ3n) is 1.92. The van der Waals surface area contributed by atoms with Gasteiger partial charge in [-0.1, -0.05) is 6.07 Å². The molecule has 1 N–H and O–H groups in total. The third-order valence-corrected chi connectivity index (χ3v) is 1.92. The van der Waals surface area contributed by atoms with E-state index in [0.717, 1.165) is 11.6 Å². The van der Waals surface area contributed by atoms with Gasteiger partial charge in [0.25, 0.3) is 0 Å². The number of aliphatic hydroxyl groups is 1. The van der Waals surface area contributed by atoms with Crippen molar-refractivity contribution < 1.29 is 19.4 Å². The van der Waals surface area contributed by atoms with Crippen LogP contribution in [0.4, 0.5) is 0 Å². The molecule has 5 heteroatoms. The maximum absolute atomic E-state index is 11.6. The molecule has 0 aliphatic heterocycles. The normalized spacial score (nSPS) is 11.1. The first kappa shape index (κ1) is 12.9. The lowest BCUT2D eigenvalue weighted by Crippen LogP contribution is -2.09. The van der Waals surface area contributed by atoms with Crippen LogP contribution in [0.15, 0.2) is 30.2 Å². The molecule has 0 spiro atoms. The second-order valence-electron chi connectivity index (χ2n) is 3.34. The molecule has 1 rings (SSSR count). The minimum Gasteiger partial charge on any atom is -0.502 e. The number of carbonyl (C=O) groups is 2. The highest BCUT2D eigenvalue weighted by atomic mass is 16.5. The van der Waals surface area contributed by atoms with E-state index in [1.54, 1.807) is 13.0 Å². The predicted octanol–water partition coefficient (Wildman–Crippen LogP) is 1.58. The zero-order valence-corrected chi connectivity index (χ0v) is 9.64. The Morgan fingerprint density at radius 1 is 1.47 bits per heavy atom. The summed E-state index contributed by atoms with van der Waals surface area (Å²) in [6, 6.07) is 3.24. The van der Waals surface area contributed by atoms with Crippen LogP contribution < -0.4 is 0 Å². The number of pyridine rings is 1. The van der Waals surface area contributed by atoms with E-state index in [1.165, 1.54) is 12.3 Å². The van der Waals surface area contributed by atoms with Crippen molar-refractivity contribution in [3.8, 4) is 0 Å². The second-order valence-corrected chi connectivity index (χ2v) is 3.34. The van der Waals surface area contributed by atoms with Crippen LogP contribution in [-0.2, 0) is 9.53 Å². The van der Waals surface area contributed by atoms with Gasteiger partial charge in [-0.25, -0.2) is 4.79 Å². The average molecular weight is 235 g/mol. The summed E-state index contributed by atoms with van der Waals surface area (Å²) in [6.45, 7) is 3.58. The Morgan fingerprint density at radius 2 is 2.18 bits per heavy atom. The van der Waals surface area contributed by atoms with E-state index in [1.807, 2.05) is 6.92 Å². The molecule has 17 heavy (non-hydrogen) atoms. The van der Waals surface area contributed by atoms with Gasteiger partial charge in [-0.2, -0.15) is 0 Å². The minimum absolute atomic E-state index is 0.133. The Labute approximate surface area is 98.7 Å². The smallest absolute Gasteiger partial charge is 0.373 e. The van der Waals surface area contributed by atoms with Gasteiger partial charge in [0.05, 0.1) is 6.61 Å². The predicted molar refractivity (Wildman–Crippen MR) is 60.6 cm³/mol. The Kier molecular flexibility index (Phi) is 4.39. The molecule has 0 fully saturated rings. The van der Waals surface area contributed by atoms with E-state index >= 15 is 0 Å². The molecule has 5 nitrogen and oxygen atoms in total. The van der Waals surface area contributed by atoms with Crippen LogP contribution in [0.5, 0.6) is 0 Å². The number of rotatable bonds is 4. The summed E-state index contributed by atoms with van der Waals surface area (Å²) in [4.78, 5) is 26.5. The topological polar surface area (TPSA) is 76.5 Å². The molecule has 90 valence electrons. The van der Waals surface area contributed by atoms with Crippen molar-refractivity contribution in [2.75, 3.05) is 6.61 Å². The number of ether oxygens (including phenoxy) is 1. The average Bonchev–Trinajstić information content (AvgIpc) is 2.30. The summed E-state index contributed by atoms with van der Waals surface area (Å²) < 4.78 is 4.53. The van der Waals surface area contributed by atoms with E-state index in [0.29, 0.717) is 0 Å². The molecule has 0 atom stereocenters. The summed E-state index contributed by atoms with van der Waals surface area (Å²) >= 11 is 0. The van der Waals surface area contributed by atoms with Crippen LogP contribution in [0, 0.1) is 6.92 Å². The van der Waals surface area contributed by atoms with Crippen LogP contribution in [0.25, 0.3) is 0 Å². The Balaban J connectivity index is 2.81. The van der Waals surface area contributed by atoms with Gasteiger partial charge in [0.1, 0.15) is 5.69 Å². The maximum Gasteiger partial charge on any atom is 0.373 e. The summed E-state index contributed by atoms with van der Waals surface area (Å²) in [5.41, 5.74) is 1.08. The van der Waals surface area contributed by atoms with Crippen molar-refractivity contribution in [2.24, 2.45) is 0 Å². The van der Waals surface area contributed by atoms with Gasteiger partial charge in [-0.3, -0.25) is 9.78 Å². The van der Waals surface area contributed by atoms with E-state index in [9.17, 15) is 14.7 Å². The van der Waals surface area contributed by atoms with Gasteiger partial charge < -0.3 is 9.84 Å². The number of allylic oxidation sites excluding steroid dienone is 1. The molecule has 0 bridgehead atoms. The Morgan fingerprint density at radius 3 is 2.71 bits per heavy atom. The molecule has 1 heterocycles. The highest BCUT2D eigenvalue weighted by Gasteiger charge is 2.12. The third kappa shape index (κ3) is 3.71. The number of esters is 1. The van der Waals surface area contributed by atoms with Crippen molar-refractivity contribution in [1.29, 1.82) is 0 Å². The Bertz CT molecular complexity index is 448. The van der Waals surface area contributed by atoms with Crippen molar-refractivity contribution in [3.05, 3.63) is 41.4 Å². The fourth-order valence-electron chi connectivity index (χ4n) is 1.08. The van der Waals surface area contributed by atoms with Gasteiger partial charge >= 0.3 is 5.97 Å². The lowest BCUT2D eigenvalue weighted by atomic mass is 10.2. The zero-order valence-electron chi connectivity index (χ0n) is 9.64. The highest BCUT2D eigenvalue weighted by molar-refractivity contribution is 6.06. The van der Waals surface area contributed by atoms with E-state index in [2.05, 4.69) is 9.72 Å². The number of hydrogen-bond donors (Lipinski definition) is 1. The summed E-state index contributed by atoms with van der Waals surface area (Å²) in [6.07, 6.45) is 2.33. The number of nitrogens with zero attached hydrogens (tertiary/aromatic N) is 1. The number of aliphatic hydroxyl groups excluding tert-OH is 1. The van der Waals surface area contributed by atoms with Gasteiger partial charge in [0.15, 0.2) is 0 Å². The summed E-state index contributed by atoms with van der Waals surface area (Å²) in [5.74, 6) is -2.19. The van der Waals surface area contributed by atoms with Gasteiger partial charge in [-0.05, 0) is 25.5 Å². The summed E-state index contributed by atoms with van der Waals surface area (Å²) in [7, 11) is 0. The summed E-state index contributed by atoms with van der Waals surface area (Å²) in [5, 5.41) is 9.27. The largest absolute Gasteiger partial charge is 0.502 e. The Hall–Kier alpha value is -2.17. The number of hydrogen-bond acceptors (Lipinski definition) is 5. The van der Waals surface area contributed by atoms with E-state index in [4.69, 9.17) is 0 Å². The van der Waals surface area contributed by atoms with Crippen molar-refractivity contribution in [2.45, 2.75) is 13.8 Å². The lowest BCUT2D eigenvalue weighted by molar-refractivity contribution is -0.141. The standard InChI is InChI=1S/C12H13NO4/c1-3-17-12(16)11(15)6-10(14)9-5-4-8(2)7-13-9/h4-7,15H,3H2,1-2H3/b11-6-. The van der Waals surface area contributed by atoms with Crippen molar-refractivity contribution in [1.82, 2.24) is 4.98 Å². The molecule has 0 unspecified atom stereocenters. The monoisotopic (exact) mass is 235 g/mol. The first-order chi connectivity index (χ1) is 8.04. The highest BCUT2D eigenvalue weighted by Crippen LogP contribution is 2.03. The second kappa shape index (κ2) is 5.79. The van der Waals surface area contributed by atoms with Crippen LogP contribution in [-0.4, -0.2) is 28.4 Å². The quantitative estimate of drug-likeness (QED) is 0.371. The number of ketones is 1. The van der Waals surface area contributed by atoms with Crippen LogP contribution >= 0.6 is 0 Å². The van der Waals surface area contributed by atoms with Crippen molar-refractivity contribution in [3.63, 3.8) is 0 Å². The molecule has 0 saturated heterocycles. The fourth-order valence-corrected chi connectivity index (χ4v) is 1.08. The SMILES string of the molecule is CCOC(=O)/C(O)=C/C(=O)c1ccc(C)cn1.